The van der Waals surface area contributed by atoms with Gasteiger partial charge in [-0.2, -0.15) is 0 Å². The minimum Gasteiger partial charge on any atom is -0.473 e. The van der Waals surface area contributed by atoms with E-state index in [1.165, 1.54) is 0 Å². The number of fused-ring (bicyclic) bond motifs is 1. The van der Waals surface area contributed by atoms with Crippen LogP contribution in [0.25, 0.3) is 16.6 Å². The summed E-state index contributed by atoms with van der Waals surface area (Å²) in [5.41, 5.74) is 3.64. The second-order valence-corrected chi connectivity index (χ2v) is 7.64. The molecule has 1 aliphatic rings. The first-order valence-electron chi connectivity index (χ1n) is 10.7. The maximum absolute atomic E-state index is 12.9. The molecular weight excluding hydrogens is 398 g/mol. The first-order valence-corrected chi connectivity index (χ1v) is 10.7. The lowest BCUT2D eigenvalue weighted by Crippen LogP contribution is -2.15. The number of nitrogens with one attached hydrogen (secondary N) is 1. The first-order chi connectivity index (χ1) is 15.8. The number of hydrogen-bond acceptors (Lipinski definition) is 4. The van der Waals surface area contributed by atoms with Crippen molar-refractivity contribution in [2.45, 2.75) is 19.4 Å². The predicted molar refractivity (Wildman–Crippen MR) is 130 cm³/mol. The molecule has 0 fully saturated rings. The van der Waals surface area contributed by atoms with E-state index >= 15 is 0 Å². The summed E-state index contributed by atoms with van der Waals surface area (Å²) in [6.45, 7) is 0.407. The van der Waals surface area contributed by atoms with Crippen molar-refractivity contribution in [2.24, 2.45) is 0 Å². The molecule has 0 saturated carbocycles. The normalized spacial score (nSPS) is 13.1. The van der Waals surface area contributed by atoms with E-state index in [2.05, 4.69) is 28.5 Å². The molecule has 0 spiro atoms. The van der Waals surface area contributed by atoms with E-state index in [9.17, 15) is 4.79 Å². The van der Waals surface area contributed by atoms with Gasteiger partial charge in [-0.3, -0.25) is 9.36 Å². The largest absolute Gasteiger partial charge is 0.473 e. The van der Waals surface area contributed by atoms with E-state index in [1.54, 1.807) is 12.3 Å². The minimum atomic E-state index is -0.0859. The van der Waals surface area contributed by atoms with Crippen LogP contribution in [0.3, 0.4) is 0 Å². The molecule has 5 nitrogen and oxygen atoms in total. The molecular formula is C27H25N3O2. The molecule has 1 N–H and O–H groups in total. The molecule has 5 heteroatoms. The van der Waals surface area contributed by atoms with E-state index < -0.39 is 0 Å². The van der Waals surface area contributed by atoms with Crippen molar-refractivity contribution >= 4 is 16.7 Å². The molecule has 160 valence electrons. The fraction of sp³-hybridized carbons (Fsp3) is 0.111. The summed E-state index contributed by atoms with van der Waals surface area (Å²) >= 11 is 0. The number of para-hydroxylation sites is 1. The zero-order chi connectivity index (χ0) is 21.8. The van der Waals surface area contributed by atoms with E-state index in [0.29, 0.717) is 23.7 Å². The summed E-state index contributed by atoms with van der Waals surface area (Å²) in [6, 6.07) is 23.4. The monoisotopic (exact) mass is 423 g/mol. The van der Waals surface area contributed by atoms with Gasteiger partial charge in [0.15, 0.2) is 5.43 Å². The smallest absolute Gasteiger partial charge is 0.215 e. The van der Waals surface area contributed by atoms with E-state index in [1.807, 2.05) is 71.3 Å². The maximum atomic E-state index is 12.9. The number of benzene rings is 2. The summed E-state index contributed by atoms with van der Waals surface area (Å²) in [6.07, 6.45) is 9.93. The minimum absolute atomic E-state index is 0. The molecule has 2 heterocycles. The standard InChI is InChI=1S/C27H23N3O2.H2/c31-25-17-26(29-21-12-6-2-7-13-21)30(22-14-8-3-9-15-22)24-16-27(28-18-23(24)25)32-19-20-10-4-1-5-11-20;/h1,3-6,8-18,29H,2,7,19H2;1H. The Bertz CT molecular complexity index is 1360. The summed E-state index contributed by atoms with van der Waals surface area (Å²) in [4.78, 5) is 17.3. The second-order valence-electron chi connectivity index (χ2n) is 7.64. The fourth-order valence-corrected chi connectivity index (χ4v) is 3.81. The van der Waals surface area contributed by atoms with Crippen LogP contribution in [-0.4, -0.2) is 9.55 Å². The number of anilines is 1. The lowest BCUT2D eigenvalue weighted by molar-refractivity contribution is 0.294. The first kappa shape index (κ1) is 19.8. The molecule has 32 heavy (non-hydrogen) atoms. The molecule has 2 aromatic carbocycles. The van der Waals surface area contributed by atoms with Gasteiger partial charge in [0.2, 0.25) is 5.88 Å². The number of aromatic nitrogens is 2. The van der Waals surface area contributed by atoms with Crippen molar-refractivity contribution in [3.05, 3.63) is 119 Å². The summed E-state index contributed by atoms with van der Waals surface area (Å²) in [5.74, 6) is 1.17. The number of allylic oxidation sites excluding steroid dienone is 3. The number of hydrogen-bond donors (Lipinski definition) is 1. The van der Waals surface area contributed by atoms with Crippen LogP contribution in [0.1, 0.15) is 19.8 Å². The van der Waals surface area contributed by atoms with Crippen molar-refractivity contribution in [3.63, 3.8) is 0 Å². The van der Waals surface area contributed by atoms with E-state index in [4.69, 9.17) is 4.74 Å². The van der Waals surface area contributed by atoms with Crippen LogP contribution in [0.4, 0.5) is 5.82 Å². The molecule has 0 saturated heterocycles. The highest BCUT2D eigenvalue weighted by atomic mass is 16.5. The van der Waals surface area contributed by atoms with Crippen LogP contribution in [-0.2, 0) is 6.61 Å². The highest BCUT2D eigenvalue weighted by Crippen LogP contribution is 2.26. The summed E-state index contributed by atoms with van der Waals surface area (Å²) in [5, 5.41) is 3.98. The number of pyridine rings is 2. The zero-order valence-electron chi connectivity index (χ0n) is 17.6. The van der Waals surface area contributed by atoms with Crippen molar-refractivity contribution < 1.29 is 6.16 Å². The number of ether oxygens (including phenoxy) is 1. The Morgan fingerprint density at radius 3 is 2.53 bits per heavy atom. The van der Waals surface area contributed by atoms with Gasteiger partial charge in [-0.15, -0.1) is 0 Å². The lowest BCUT2D eigenvalue weighted by atomic mass is 10.1. The van der Waals surface area contributed by atoms with Gasteiger partial charge in [0.25, 0.3) is 0 Å². The second kappa shape index (κ2) is 8.94. The van der Waals surface area contributed by atoms with Crippen molar-refractivity contribution in [1.29, 1.82) is 0 Å². The topological polar surface area (TPSA) is 56.2 Å². The summed E-state index contributed by atoms with van der Waals surface area (Å²) in [7, 11) is 0. The molecule has 2 aromatic heterocycles. The van der Waals surface area contributed by atoms with Crippen LogP contribution in [0.15, 0.2) is 108 Å². The average molecular weight is 424 g/mol. The Morgan fingerprint density at radius 2 is 1.78 bits per heavy atom. The Hall–Kier alpha value is -4.12. The predicted octanol–water partition coefficient (Wildman–Crippen LogP) is 5.86. The van der Waals surface area contributed by atoms with Gasteiger partial charge in [0.05, 0.1) is 10.9 Å². The highest BCUT2D eigenvalue weighted by Gasteiger charge is 2.14. The third kappa shape index (κ3) is 4.18. The van der Waals surface area contributed by atoms with E-state index in [-0.39, 0.29) is 6.86 Å². The zero-order valence-corrected chi connectivity index (χ0v) is 17.6. The van der Waals surface area contributed by atoms with Gasteiger partial charge < -0.3 is 10.1 Å². The molecule has 4 aromatic rings. The number of rotatable bonds is 6. The average Bonchev–Trinajstić information content (AvgIpc) is 2.85. The van der Waals surface area contributed by atoms with Crippen molar-refractivity contribution in [3.8, 4) is 11.6 Å². The Kier molecular flexibility index (Phi) is 5.54. The lowest BCUT2D eigenvalue weighted by Gasteiger charge is -2.20. The van der Waals surface area contributed by atoms with Crippen LogP contribution in [0.5, 0.6) is 5.88 Å². The third-order valence-corrected chi connectivity index (χ3v) is 5.38. The van der Waals surface area contributed by atoms with Crippen LogP contribution >= 0.6 is 0 Å². The van der Waals surface area contributed by atoms with E-state index in [0.717, 1.165) is 35.3 Å². The SMILES string of the molecule is O=c1cc(NC2=CCCC=C2)n(-c2ccccc2)c2cc(OCc3ccccc3)ncc12.[HH]. The number of nitrogens with zero attached hydrogens (tertiary/aromatic N) is 2. The Labute approximate surface area is 187 Å². The van der Waals surface area contributed by atoms with Gasteiger partial charge in [-0.1, -0.05) is 60.7 Å². The van der Waals surface area contributed by atoms with Crippen LogP contribution in [0.2, 0.25) is 0 Å². The quantitative estimate of drug-likeness (QED) is 0.422. The molecule has 0 bridgehead atoms. The molecule has 0 radical (unpaired) electrons. The molecule has 0 unspecified atom stereocenters. The molecule has 1 aliphatic carbocycles. The Balaban J connectivity index is 0.00000259. The summed E-state index contributed by atoms with van der Waals surface area (Å²) < 4.78 is 7.99. The maximum Gasteiger partial charge on any atom is 0.215 e. The van der Waals surface area contributed by atoms with Crippen LogP contribution in [0, 0.1) is 0 Å². The van der Waals surface area contributed by atoms with Gasteiger partial charge >= 0.3 is 0 Å². The van der Waals surface area contributed by atoms with Crippen LogP contribution < -0.4 is 15.5 Å². The molecule has 0 atom stereocenters. The third-order valence-electron chi connectivity index (χ3n) is 5.38. The van der Waals surface area contributed by atoms with Gasteiger partial charge in [-0.25, -0.2) is 4.98 Å². The Morgan fingerprint density at radius 1 is 1.00 bits per heavy atom. The molecule has 0 aliphatic heterocycles. The molecule has 0 amide bonds. The molecule has 5 rings (SSSR count). The van der Waals surface area contributed by atoms with Gasteiger partial charge in [-0.05, 0) is 36.6 Å². The van der Waals surface area contributed by atoms with Gasteiger partial charge in [0.1, 0.15) is 12.4 Å². The fourth-order valence-electron chi connectivity index (χ4n) is 3.81. The van der Waals surface area contributed by atoms with Crippen molar-refractivity contribution in [1.82, 2.24) is 9.55 Å². The van der Waals surface area contributed by atoms with Gasteiger partial charge in [0, 0.05) is 31.1 Å². The highest BCUT2D eigenvalue weighted by molar-refractivity contribution is 5.83. The van der Waals surface area contributed by atoms with Crippen molar-refractivity contribution in [2.75, 3.05) is 5.32 Å².